The summed E-state index contributed by atoms with van der Waals surface area (Å²) in [7, 11) is 0. The zero-order chi connectivity index (χ0) is 12.2. The Morgan fingerprint density at radius 2 is 1.88 bits per heavy atom. The second-order valence-corrected chi connectivity index (χ2v) is 5.53. The molecule has 0 radical (unpaired) electrons. The van der Waals surface area contributed by atoms with Gasteiger partial charge in [-0.25, -0.2) is 0 Å². The maximum absolute atomic E-state index is 12.1. The van der Waals surface area contributed by atoms with Crippen LogP contribution in [0, 0.1) is 5.41 Å². The molecule has 0 unspecified atom stereocenters. The van der Waals surface area contributed by atoms with Crippen LogP contribution in [0.3, 0.4) is 0 Å². The molecule has 1 aliphatic heterocycles. The molecular weight excluding hydrogens is 202 g/mol. The molecule has 0 saturated carbocycles. The number of hydrogen-bond acceptors (Lipinski definition) is 3. The normalized spacial score (nSPS) is 19.6. The van der Waals surface area contributed by atoms with Crippen molar-refractivity contribution < 1.29 is 4.79 Å². The van der Waals surface area contributed by atoms with E-state index in [0.29, 0.717) is 6.54 Å². The molecule has 0 aromatic carbocycles. The van der Waals surface area contributed by atoms with E-state index in [1.807, 2.05) is 25.7 Å². The van der Waals surface area contributed by atoms with E-state index in [1.165, 1.54) is 0 Å². The molecule has 0 bridgehead atoms. The van der Waals surface area contributed by atoms with E-state index in [2.05, 4.69) is 4.90 Å². The van der Waals surface area contributed by atoms with Crippen molar-refractivity contribution >= 4 is 5.91 Å². The van der Waals surface area contributed by atoms with Crippen molar-refractivity contribution in [2.75, 3.05) is 39.3 Å². The maximum atomic E-state index is 12.1. The predicted octanol–water partition coefficient (Wildman–Crippen LogP) is 0.526. The van der Waals surface area contributed by atoms with Gasteiger partial charge in [-0.2, -0.15) is 0 Å². The lowest BCUT2D eigenvalue weighted by molar-refractivity contribution is -0.139. The third kappa shape index (κ3) is 3.76. The van der Waals surface area contributed by atoms with E-state index in [4.69, 9.17) is 5.73 Å². The first kappa shape index (κ1) is 13.5. The summed E-state index contributed by atoms with van der Waals surface area (Å²) < 4.78 is 0. The summed E-state index contributed by atoms with van der Waals surface area (Å²) in [5.74, 6) is 0.266. The third-order valence-electron chi connectivity index (χ3n) is 2.96. The average molecular weight is 227 g/mol. The second kappa shape index (κ2) is 5.64. The molecule has 0 aliphatic carbocycles. The maximum Gasteiger partial charge on any atom is 0.227 e. The lowest BCUT2D eigenvalue weighted by Gasteiger charge is -2.28. The molecule has 0 atom stereocenters. The van der Waals surface area contributed by atoms with Crippen LogP contribution < -0.4 is 5.73 Å². The van der Waals surface area contributed by atoms with Crippen molar-refractivity contribution in [1.82, 2.24) is 9.80 Å². The fourth-order valence-electron chi connectivity index (χ4n) is 2.05. The van der Waals surface area contributed by atoms with Crippen molar-refractivity contribution in [2.24, 2.45) is 11.1 Å². The first-order valence-corrected chi connectivity index (χ1v) is 6.17. The topological polar surface area (TPSA) is 49.6 Å². The molecule has 16 heavy (non-hydrogen) atoms. The summed E-state index contributed by atoms with van der Waals surface area (Å²) in [5, 5.41) is 0. The van der Waals surface area contributed by atoms with Crippen molar-refractivity contribution in [1.29, 1.82) is 0 Å². The van der Waals surface area contributed by atoms with E-state index < -0.39 is 0 Å². The molecule has 1 rings (SSSR count). The number of amides is 1. The zero-order valence-corrected chi connectivity index (χ0v) is 10.8. The van der Waals surface area contributed by atoms with Gasteiger partial charge >= 0.3 is 0 Å². The molecule has 1 aliphatic rings. The summed E-state index contributed by atoms with van der Waals surface area (Å²) >= 11 is 0. The number of hydrogen-bond donors (Lipinski definition) is 1. The molecule has 1 heterocycles. The van der Waals surface area contributed by atoms with Crippen LogP contribution in [-0.2, 0) is 4.79 Å². The van der Waals surface area contributed by atoms with Crippen LogP contribution in [0.4, 0.5) is 0 Å². The van der Waals surface area contributed by atoms with Crippen LogP contribution in [0.25, 0.3) is 0 Å². The lowest BCUT2D eigenvalue weighted by Crippen LogP contribution is -2.42. The first-order chi connectivity index (χ1) is 7.45. The average Bonchev–Trinajstić information content (AvgIpc) is 2.41. The highest BCUT2D eigenvalue weighted by Gasteiger charge is 2.28. The van der Waals surface area contributed by atoms with Crippen molar-refractivity contribution in [2.45, 2.75) is 27.2 Å². The Hall–Kier alpha value is -0.610. The molecule has 0 aromatic rings. The van der Waals surface area contributed by atoms with Gasteiger partial charge in [0.2, 0.25) is 5.91 Å². The molecule has 0 spiro atoms. The molecule has 1 amide bonds. The van der Waals surface area contributed by atoms with Gasteiger partial charge in [0, 0.05) is 38.1 Å². The van der Waals surface area contributed by atoms with Gasteiger partial charge in [-0.3, -0.25) is 4.79 Å². The Kier molecular flexibility index (Phi) is 4.74. The Morgan fingerprint density at radius 1 is 1.19 bits per heavy atom. The molecule has 1 saturated heterocycles. The van der Waals surface area contributed by atoms with Crippen molar-refractivity contribution in [3.63, 3.8) is 0 Å². The minimum atomic E-state index is -0.261. The van der Waals surface area contributed by atoms with Gasteiger partial charge in [-0.1, -0.05) is 20.8 Å². The highest BCUT2D eigenvalue weighted by atomic mass is 16.2. The zero-order valence-electron chi connectivity index (χ0n) is 10.8. The third-order valence-corrected chi connectivity index (χ3v) is 2.96. The SMILES string of the molecule is CC(C)(C)C(=O)N1CCCN(CCN)CC1. The van der Waals surface area contributed by atoms with E-state index in [-0.39, 0.29) is 11.3 Å². The van der Waals surface area contributed by atoms with Gasteiger partial charge in [0.05, 0.1) is 0 Å². The fraction of sp³-hybridized carbons (Fsp3) is 0.917. The number of nitrogens with two attached hydrogens (primary N) is 1. The van der Waals surface area contributed by atoms with Gasteiger partial charge < -0.3 is 15.5 Å². The van der Waals surface area contributed by atoms with Crippen LogP contribution >= 0.6 is 0 Å². The fourth-order valence-corrected chi connectivity index (χ4v) is 2.05. The molecule has 1 fully saturated rings. The van der Waals surface area contributed by atoms with Crippen LogP contribution in [0.2, 0.25) is 0 Å². The number of rotatable bonds is 2. The molecule has 0 aromatic heterocycles. The number of nitrogens with zero attached hydrogens (tertiary/aromatic N) is 2. The first-order valence-electron chi connectivity index (χ1n) is 6.17. The monoisotopic (exact) mass is 227 g/mol. The quantitative estimate of drug-likeness (QED) is 0.748. The molecule has 94 valence electrons. The Balaban J connectivity index is 2.50. The highest BCUT2D eigenvalue weighted by molar-refractivity contribution is 5.81. The van der Waals surface area contributed by atoms with Crippen LogP contribution in [0.1, 0.15) is 27.2 Å². The molecular formula is C12H25N3O. The van der Waals surface area contributed by atoms with Gasteiger partial charge in [-0.15, -0.1) is 0 Å². The van der Waals surface area contributed by atoms with E-state index in [0.717, 1.165) is 39.1 Å². The lowest BCUT2D eigenvalue weighted by atomic mass is 9.94. The van der Waals surface area contributed by atoms with Crippen LogP contribution in [-0.4, -0.2) is 55.0 Å². The van der Waals surface area contributed by atoms with Gasteiger partial charge in [-0.05, 0) is 13.0 Å². The summed E-state index contributed by atoms with van der Waals surface area (Å²) in [6.07, 6.45) is 1.06. The number of carbonyl (C=O) groups excluding carboxylic acids is 1. The van der Waals surface area contributed by atoms with E-state index in [9.17, 15) is 4.79 Å². The highest BCUT2D eigenvalue weighted by Crippen LogP contribution is 2.18. The summed E-state index contributed by atoms with van der Waals surface area (Å²) in [6, 6.07) is 0. The number of carbonyl (C=O) groups is 1. The summed E-state index contributed by atoms with van der Waals surface area (Å²) in [4.78, 5) is 16.5. The Labute approximate surface area is 98.8 Å². The standard InChI is InChI=1S/C12H25N3O/c1-12(2,3)11(16)15-7-4-6-14(8-5-13)9-10-15/h4-10,13H2,1-3H3. The van der Waals surface area contributed by atoms with Gasteiger partial charge in [0.15, 0.2) is 0 Å². The minimum Gasteiger partial charge on any atom is -0.341 e. The van der Waals surface area contributed by atoms with Crippen molar-refractivity contribution in [3.8, 4) is 0 Å². The summed E-state index contributed by atoms with van der Waals surface area (Å²) in [6.45, 7) is 11.3. The largest absolute Gasteiger partial charge is 0.341 e. The van der Waals surface area contributed by atoms with Gasteiger partial charge in [0.25, 0.3) is 0 Å². The summed E-state index contributed by atoms with van der Waals surface area (Å²) in [5.41, 5.74) is 5.29. The predicted molar refractivity (Wildman–Crippen MR) is 66.1 cm³/mol. The Morgan fingerprint density at radius 3 is 2.44 bits per heavy atom. The van der Waals surface area contributed by atoms with Crippen LogP contribution in [0.15, 0.2) is 0 Å². The van der Waals surface area contributed by atoms with E-state index in [1.54, 1.807) is 0 Å². The molecule has 4 nitrogen and oxygen atoms in total. The second-order valence-electron chi connectivity index (χ2n) is 5.53. The van der Waals surface area contributed by atoms with Gasteiger partial charge in [0.1, 0.15) is 0 Å². The van der Waals surface area contributed by atoms with Crippen molar-refractivity contribution in [3.05, 3.63) is 0 Å². The molecule has 2 N–H and O–H groups in total. The van der Waals surface area contributed by atoms with Crippen LogP contribution in [0.5, 0.6) is 0 Å². The Bertz CT molecular complexity index is 235. The van der Waals surface area contributed by atoms with E-state index >= 15 is 0 Å². The smallest absolute Gasteiger partial charge is 0.227 e. The minimum absolute atomic E-state index is 0.261. The molecule has 4 heteroatoms.